The van der Waals surface area contributed by atoms with Crippen molar-refractivity contribution >= 4 is 51.5 Å². The second-order valence-electron chi connectivity index (χ2n) is 6.06. The van der Waals surface area contributed by atoms with Gasteiger partial charge in [0.05, 0.1) is 15.7 Å². The number of para-hydroxylation sites is 1. The predicted molar refractivity (Wildman–Crippen MR) is 111 cm³/mol. The summed E-state index contributed by atoms with van der Waals surface area (Å²) in [5.41, 5.74) is 0.0531. The molecule has 0 saturated heterocycles. The molecule has 0 aliphatic heterocycles. The molecule has 2 N–H and O–H groups in total. The lowest BCUT2D eigenvalue weighted by molar-refractivity contribution is -0.116. The Morgan fingerprint density at radius 3 is 2.43 bits per heavy atom. The molecule has 2 aromatic carbocycles. The molecule has 2 amide bonds. The summed E-state index contributed by atoms with van der Waals surface area (Å²) in [6.45, 7) is 1.80. The van der Waals surface area contributed by atoms with Crippen molar-refractivity contribution in [2.45, 2.75) is 6.92 Å². The van der Waals surface area contributed by atoms with Crippen LogP contribution in [-0.4, -0.2) is 34.8 Å². The first kappa shape index (κ1) is 19.9. The highest BCUT2D eigenvalue weighted by atomic mass is 35.5. The number of aromatic amines is 1. The Bertz CT molecular complexity index is 1090. The second kappa shape index (κ2) is 8.46. The molecule has 6 nitrogen and oxygen atoms in total. The first-order valence-electron chi connectivity index (χ1n) is 8.56. The molecule has 0 aliphatic rings. The van der Waals surface area contributed by atoms with Gasteiger partial charge in [-0.05, 0) is 36.6 Å². The number of hydrogen-bond acceptors (Lipinski definition) is 3. The SMILES string of the molecule is CCN(CC(=O)Nc1c(Cl)cccc1Cl)C(=O)c1cc2ccccc2c(=O)[nH]1. The number of carbonyl (C=O) groups excluding carboxylic acids is 2. The maximum absolute atomic E-state index is 12.8. The van der Waals surface area contributed by atoms with Crippen molar-refractivity contribution in [1.29, 1.82) is 0 Å². The molecular formula is C20H17Cl2N3O3. The van der Waals surface area contributed by atoms with Crippen LogP contribution in [0.5, 0.6) is 0 Å². The van der Waals surface area contributed by atoms with Gasteiger partial charge in [0.2, 0.25) is 5.91 Å². The molecule has 0 unspecified atom stereocenters. The summed E-state index contributed by atoms with van der Waals surface area (Å²) in [5.74, 6) is -0.904. The number of nitrogens with one attached hydrogen (secondary N) is 2. The molecule has 0 fully saturated rings. The molecule has 3 rings (SSSR count). The maximum Gasteiger partial charge on any atom is 0.270 e. The monoisotopic (exact) mass is 417 g/mol. The van der Waals surface area contributed by atoms with Crippen LogP contribution in [0, 0.1) is 0 Å². The number of benzene rings is 2. The number of anilines is 1. The van der Waals surface area contributed by atoms with Crippen LogP contribution in [0.15, 0.2) is 53.3 Å². The summed E-state index contributed by atoms with van der Waals surface area (Å²) in [6, 6.07) is 13.4. The zero-order chi connectivity index (χ0) is 20.3. The number of pyridine rings is 1. The summed E-state index contributed by atoms with van der Waals surface area (Å²) < 4.78 is 0. The molecule has 28 heavy (non-hydrogen) atoms. The van der Waals surface area contributed by atoms with Crippen molar-refractivity contribution < 1.29 is 9.59 Å². The van der Waals surface area contributed by atoms with Crippen molar-refractivity contribution in [2.75, 3.05) is 18.4 Å². The van der Waals surface area contributed by atoms with Crippen LogP contribution in [0.25, 0.3) is 10.8 Å². The zero-order valence-corrected chi connectivity index (χ0v) is 16.5. The molecule has 1 aromatic heterocycles. The number of nitrogens with zero attached hydrogens (tertiary/aromatic N) is 1. The second-order valence-corrected chi connectivity index (χ2v) is 6.88. The van der Waals surface area contributed by atoms with Crippen molar-refractivity contribution in [2.24, 2.45) is 0 Å². The molecule has 3 aromatic rings. The Balaban J connectivity index is 1.80. The van der Waals surface area contributed by atoms with Crippen molar-refractivity contribution in [3.05, 3.63) is 74.6 Å². The summed E-state index contributed by atoms with van der Waals surface area (Å²) in [5, 5.41) is 4.37. The van der Waals surface area contributed by atoms with Crippen LogP contribution in [0.2, 0.25) is 10.0 Å². The Kier molecular flexibility index (Phi) is 6.02. The van der Waals surface area contributed by atoms with Crippen molar-refractivity contribution in [3.63, 3.8) is 0 Å². The van der Waals surface area contributed by atoms with Gasteiger partial charge in [-0.1, -0.05) is 47.5 Å². The molecule has 0 spiro atoms. The summed E-state index contributed by atoms with van der Waals surface area (Å²) >= 11 is 12.1. The Morgan fingerprint density at radius 2 is 1.75 bits per heavy atom. The Morgan fingerprint density at radius 1 is 1.07 bits per heavy atom. The molecule has 0 saturated carbocycles. The van der Waals surface area contributed by atoms with E-state index in [-0.39, 0.29) is 24.3 Å². The van der Waals surface area contributed by atoms with E-state index in [1.807, 2.05) is 0 Å². The van der Waals surface area contributed by atoms with Crippen LogP contribution in [0.4, 0.5) is 5.69 Å². The van der Waals surface area contributed by atoms with Gasteiger partial charge in [0.1, 0.15) is 12.2 Å². The van der Waals surface area contributed by atoms with Crippen molar-refractivity contribution in [1.82, 2.24) is 9.88 Å². The fourth-order valence-corrected chi connectivity index (χ4v) is 3.29. The number of fused-ring (bicyclic) bond motifs is 1. The van der Waals surface area contributed by atoms with Gasteiger partial charge in [-0.2, -0.15) is 0 Å². The van der Waals surface area contributed by atoms with Crippen LogP contribution in [0.1, 0.15) is 17.4 Å². The highest BCUT2D eigenvalue weighted by molar-refractivity contribution is 6.39. The van der Waals surface area contributed by atoms with Gasteiger partial charge in [-0.25, -0.2) is 0 Å². The molecule has 144 valence electrons. The van der Waals surface area contributed by atoms with E-state index in [4.69, 9.17) is 23.2 Å². The molecule has 0 radical (unpaired) electrons. The predicted octanol–water partition coefficient (Wildman–Crippen LogP) is 3.94. The molecule has 0 aliphatic carbocycles. The van der Waals surface area contributed by atoms with E-state index in [9.17, 15) is 14.4 Å². The molecule has 1 heterocycles. The zero-order valence-electron chi connectivity index (χ0n) is 15.0. The van der Waals surface area contributed by atoms with Gasteiger partial charge in [-0.15, -0.1) is 0 Å². The van der Waals surface area contributed by atoms with Gasteiger partial charge < -0.3 is 15.2 Å². The smallest absolute Gasteiger partial charge is 0.270 e. The van der Waals surface area contributed by atoms with Crippen LogP contribution in [-0.2, 0) is 4.79 Å². The van der Waals surface area contributed by atoms with Crippen LogP contribution < -0.4 is 10.9 Å². The lowest BCUT2D eigenvalue weighted by Crippen LogP contribution is -2.38. The van der Waals surface area contributed by atoms with E-state index in [1.165, 1.54) is 4.90 Å². The third-order valence-electron chi connectivity index (χ3n) is 4.21. The average molecular weight is 418 g/mol. The maximum atomic E-state index is 12.8. The largest absolute Gasteiger partial charge is 0.328 e. The third-order valence-corrected chi connectivity index (χ3v) is 4.84. The number of carbonyl (C=O) groups is 2. The molecule has 0 atom stereocenters. The van der Waals surface area contributed by atoms with Crippen LogP contribution >= 0.6 is 23.2 Å². The Hall–Kier alpha value is -2.83. The van der Waals surface area contributed by atoms with Crippen LogP contribution in [0.3, 0.4) is 0 Å². The van der Waals surface area contributed by atoms with E-state index < -0.39 is 11.8 Å². The Labute approximate surface area is 171 Å². The number of amides is 2. The summed E-state index contributed by atoms with van der Waals surface area (Å²) in [7, 11) is 0. The van der Waals surface area contributed by atoms with Gasteiger partial charge in [0, 0.05) is 11.9 Å². The highest BCUT2D eigenvalue weighted by Gasteiger charge is 2.20. The molecule has 8 heteroatoms. The lowest BCUT2D eigenvalue weighted by atomic mass is 10.1. The number of likely N-dealkylation sites (N-methyl/N-ethyl adjacent to an activating group) is 1. The van der Waals surface area contributed by atoms with E-state index in [1.54, 1.807) is 55.5 Å². The fourth-order valence-electron chi connectivity index (χ4n) is 2.79. The number of hydrogen-bond donors (Lipinski definition) is 2. The minimum Gasteiger partial charge on any atom is -0.328 e. The topological polar surface area (TPSA) is 82.3 Å². The molecule has 0 bridgehead atoms. The third kappa shape index (κ3) is 4.18. The average Bonchev–Trinajstić information content (AvgIpc) is 2.68. The van der Waals surface area contributed by atoms with E-state index in [2.05, 4.69) is 10.3 Å². The molecular weight excluding hydrogens is 401 g/mol. The van der Waals surface area contributed by atoms with Crippen molar-refractivity contribution in [3.8, 4) is 0 Å². The minimum atomic E-state index is -0.453. The van der Waals surface area contributed by atoms with E-state index in [0.717, 1.165) is 0 Å². The number of H-pyrrole nitrogens is 1. The standard InChI is InChI=1S/C20H17Cl2N3O3/c1-2-25(11-17(26)24-18-14(21)8-5-9-15(18)22)20(28)16-10-12-6-3-4-7-13(12)19(27)23-16/h3-10H,2,11H2,1H3,(H,23,27)(H,24,26). The van der Waals surface area contributed by atoms with Gasteiger partial charge in [0.25, 0.3) is 11.5 Å². The minimum absolute atomic E-state index is 0.120. The lowest BCUT2D eigenvalue weighted by Gasteiger charge is -2.20. The fraction of sp³-hybridized carbons (Fsp3) is 0.150. The van der Waals surface area contributed by atoms with Gasteiger partial charge in [-0.3, -0.25) is 14.4 Å². The summed E-state index contributed by atoms with van der Waals surface area (Å²) in [4.78, 5) is 41.3. The normalized spacial score (nSPS) is 10.7. The summed E-state index contributed by atoms with van der Waals surface area (Å²) in [6.07, 6.45) is 0. The number of aromatic nitrogens is 1. The van der Waals surface area contributed by atoms with E-state index >= 15 is 0 Å². The quantitative estimate of drug-likeness (QED) is 0.659. The first-order valence-corrected chi connectivity index (χ1v) is 9.31. The van der Waals surface area contributed by atoms with Gasteiger partial charge >= 0.3 is 0 Å². The van der Waals surface area contributed by atoms with E-state index in [0.29, 0.717) is 26.5 Å². The number of halogens is 2. The number of rotatable bonds is 5. The van der Waals surface area contributed by atoms with Gasteiger partial charge in [0.15, 0.2) is 0 Å². The highest BCUT2D eigenvalue weighted by Crippen LogP contribution is 2.29. The first-order chi connectivity index (χ1) is 13.4.